The predicted molar refractivity (Wildman–Crippen MR) is 55.0 cm³/mol. The molecular weight excluding hydrogens is 150 g/mol. The van der Waals surface area contributed by atoms with E-state index < -0.39 is 8.11 Å². The summed E-state index contributed by atoms with van der Waals surface area (Å²) in [6.45, 7) is 1.01. The predicted octanol–water partition coefficient (Wildman–Crippen LogP) is 5.14. The fourth-order valence-electron chi connectivity index (χ4n) is 0. The molecule has 0 bridgehead atoms. The maximum absolute atomic E-state index is 10.5. The molecule has 0 aromatic rings. The maximum atomic E-state index is 10.5. The van der Waals surface area contributed by atoms with Crippen molar-refractivity contribution in [2.24, 2.45) is 0 Å². The molecule has 0 spiro atoms. The topological polar surface area (TPSA) is 17.1 Å². The SMILES string of the molecule is C.C.C.C.C.C.C[P+](=O)F. The van der Waals surface area contributed by atoms with E-state index in [0.29, 0.717) is 0 Å². The van der Waals surface area contributed by atoms with Crippen LogP contribution in [-0.4, -0.2) is 6.66 Å². The molecule has 0 amide bonds. The van der Waals surface area contributed by atoms with E-state index in [4.69, 9.17) is 4.57 Å². The van der Waals surface area contributed by atoms with Gasteiger partial charge in [-0.25, -0.2) is 0 Å². The van der Waals surface area contributed by atoms with Crippen LogP contribution in [0.3, 0.4) is 0 Å². The maximum Gasteiger partial charge on any atom is 0.554 e. The molecule has 0 heterocycles. The minimum absolute atomic E-state index is 0. The second-order valence-electron chi connectivity index (χ2n) is 0.421. The number of hydrogen-bond donors (Lipinski definition) is 0. The number of halogens is 1. The van der Waals surface area contributed by atoms with Gasteiger partial charge in [0.15, 0.2) is 6.66 Å². The first-order chi connectivity index (χ1) is 1.73. The molecule has 0 saturated heterocycles. The van der Waals surface area contributed by atoms with Crippen LogP contribution < -0.4 is 0 Å². The minimum Gasteiger partial charge on any atom is -0.0776 e. The Morgan fingerprint density at radius 1 is 0.900 bits per heavy atom. The third-order valence-corrected chi connectivity index (χ3v) is 0. The van der Waals surface area contributed by atoms with Gasteiger partial charge in [-0.05, 0) is 4.57 Å². The molecule has 3 heteroatoms. The van der Waals surface area contributed by atoms with Gasteiger partial charge in [-0.3, -0.25) is 0 Å². The summed E-state index contributed by atoms with van der Waals surface area (Å²) in [5, 5.41) is 0. The van der Waals surface area contributed by atoms with Gasteiger partial charge in [-0.15, -0.1) is 0 Å². The van der Waals surface area contributed by atoms with Crippen molar-refractivity contribution in [3.8, 4) is 0 Å². The van der Waals surface area contributed by atoms with Gasteiger partial charge in [0, 0.05) is 0 Å². The van der Waals surface area contributed by atoms with Crippen LogP contribution in [0.2, 0.25) is 0 Å². The molecule has 1 atom stereocenters. The van der Waals surface area contributed by atoms with Crippen molar-refractivity contribution in [3.05, 3.63) is 0 Å². The quantitative estimate of drug-likeness (QED) is 0.468. The van der Waals surface area contributed by atoms with Crippen LogP contribution in [0.4, 0.5) is 4.20 Å². The Hall–Kier alpha value is 0.0300. The van der Waals surface area contributed by atoms with Crippen LogP contribution in [0.5, 0.6) is 0 Å². The Morgan fingerprint density at radius 3 is 0.900 bits per heavy atom. The van der Waals surface area contributed by atoms with Crippen molar-refractivity contribution in [1.29, 1.82) is 0 Å². The summed E-state index contributed by atoms with van der Waals surface area (Å²) in [6.07, 6.45) is 0. The molecule has 0 aromatic heterocycles. The standard InChI is InChI=1S/CH3FOP.6CH4/c1-4(2)3;;;;;;/h1H3;6*1H4/q+1;;;;;;. The molecular formula is C7H27FOP+. The molecule has 0 rings (SSSR count). The summed E-state index contributed by atoms with van der Waals surface area (Å²) >= 11 is 0. The van der Waals surface area contributed by atoms with E-state index in [2.05, 4.69) is 0 Å². The van der Waals surface area contributed by atoms with Gasteiger partial charge in [-0.1, -0.05) is 44.6 Å². The van der Waals surface area contributed by atoms with Crippen molar-refractivity contribution in [2.75, 3.05) is 6.66 Å². The highest BCUT2D eigenvalue weighted by Gasteiger charge is 1.92. The van der Waals surface area contributed by atoms with Crippen molar-refractivity contribution in [2.45, 2.75) is 44.6 Å². The molecule has 0 aliphatic carbocycles. The zero-order chi connectivity index (χ0) is 3.58. The van der Waals surface area contributed by atoms with E-state index in [0.717, 1.165) is 6.66 Å². The van der Waals surface area contributed by atoms with Gasteiger partial charge in [-0.2, -0.15) is 0 Å². The lowest BCUT2D eigenvalue weighted by molar-refractivity contribution is 0.564. The highest BCUT2D eigenvalue weighted by atomic mass is 31.1. The number of rotatable bonds is 0. The van der Waals surface area contributed by atoms with Crippen molar-refractivity contribution >= 4 is 8.11 Å². The van der Waals surface area contributed by atoms with Gasteiger partial charge >= 0.3 is 8.11 Å². The van der Waals surface area contributed by atoms with Crippen molar-refractivity contribution < 1.29 is 8.76 Å². The summed E-state index contributed by atoms with van der Waals surface area (Å²) in [6, 6.07) is 0. The highest BCUT2D eigenvalue weighted by Crippen LogP contribution is 2.11. The lowest BCUT2D eigenvalue weighted by atomic mass is 12.0. The minimum atomic E-state index is -2.37. The number of hydrogen-bond acceptors (Lipinski definition) is 1. The monoisotopic (exact) mass is 177 g/mol. The Kier molecular flexibility index (Phi) is 565. The van der Waals surface area contributed by atoms with Crippen LogP contribution in [0.15, 0.2) is 0 Å². The lowest BCUT2D eigenvalue weighted by Gasteiger charge is -1.28. The normalized spacial score (nSPS) is 4.40. The van der Waals surface area contributed by atoms with Crippen LogP contribution in [0, 0.1) is 0 Å². The van der Waals surface area contributed by atoms with Gasteiger partial charge in [0.25, 0.3) is 0 Å². The third-order valence-electron chi connectivity index (χ3n) is 0. The summed E-state index contributed by atoms with van der Waals surface area (Å²) in [5.41, 5.74) is 0. The molecule has 0 fully saturated rings. The molecule has 0 aliphatic heterocycles. The highest BCUT2D eigenvalue weighted by molar-refractivity contribution is 7.37. The zero-order valence-corrected chi connectivity index (χ0v) is 3.13. The Labute approximate surface area is 69.0 Å². The van der Waals surface area contributed by atoms with Crippen LogP contribution >= 0.6 is 8.11 Å². The lowest BCUT2D eigenvalue weighted by Crippen LogP contribution is -1.21. The fraction of sp³-hybridized carbons (Fsp3) is 1.00. The fourth-order valence-corrected chi connectivity index (χ4v) is 0. The first-order valence-corrected chi connectivity index (χ1v) is 2.40. The van der Waals surface area contributed by atoms with Gasteiger partial charge in [0.2, 0.25) is 0 Å². The van der Waals surface area contributed by atoms with Gasteiger partial charge in [0.1, 0.15) is 0 Å². The smallest absolute Gasteiger partial charge is 0.0776 e. The van der Waals surface area contributed by atoms with E-state index in [1.807, 2.05) is 0 Å². The third kappa shape index (κ3) is 441000. The van der Waals surface area contributed by atoms with E-state index in [1.54, 1.807) is 0 Å². The molecule has 72 valence electrons. The van der Waals surface area contributed by atoms with E-state index in [-0.39, 0.29) is 44.6 Å². The van der Waals surface area contributed by atoms with E-state index >= 15 is 0 Å². The van der Waals surface area contributed by atoms with Crippen LogP contribution in [-0.2, 0) is 4.57 Å². The Morgan fingerprint density at radius 2 is 0.900 bits per heavy atom. The summed E-state index contributed by atoms with van der Waals surface area (Å²) in [5.74, 6) is 0. The van der Waals surface area contributed by atoms with Crippen LogP contribution in [0.1, 0.15) is 44.6 Å². The van der Waals surface area contributed by atoms with Crippen molar-refractivity contribution in [1.82, 2.24) is 0 Å². The molecule has 0 aromatic carbocycles. The van der Waals surface area contributed by atoms with Gasteiger partial charge < -0.3 is 0 Å². The molecule has 0 N–H and O–H groups in total. The first-order valence-electron chi connectivity index (χ1n) is 0.799. The summed E-state index contributed by atoms with van der Waals surface area (Å²) in [7, 11) is -2.37. The second kappa shape index (κ2) is 63.4. The molecule has 0 aliphatic rings. The van der Waals surface area contributed by atoms with E-state index in [1.165, 1.54) is 0 Å². The first kappa shape index (κ1) is 89.1. The second-order valence-corrected chi connectivity index (χ2v) is 1.26. The van der Waals surface area contributed by atoms with Crippen LogP contribution in [0.25, 0.3) is 0 Å². The van der Waals surface area contributed by atoms with Crippen molar-refractivity contribution in [3.63, 3.8) is 0 Å². The van der Waals surface area contributed by atoms with E-state index in [9.17, 15) is 4.20 Å². The summed E-state index contributed by atoms with van der Waals surface area (Å²) in [4.78, 5) is 0. The molecule has 10 heavy (non-hydrogen) atoms. The Balaban J connectivity index is -0.00000000300. The largest absolute Gasteiger partial charge is 0.554 e. The summed E-state index contributed by atoms with van der Waals surface area (Å²) < 4.78 is 19.4. The molecule has 0 saturated carbocycles. The average molecular weight is 177 g/mol. The molecule has 1 nitrogen and oxygen atoms in total. The molecule has 1 unspecified atom stereocenters. The molecule has 0 radical (unpaired) electrons. The zero-order valence-electron chi connectivity index (χ0n) is 2.23. The van der Waals surface area contributed by atoms with Gasteiger partial charge in [0.05, 0.1) is 4.20 Å². The Bertz CT molecular complexity index is 36.6. The average Bonchev–Trinajstić information content (AvgIpc) is 0.811.